The highest BCUT2D eigenvalue weighted by Gasteiger charge is 2.35. The highest BCUT2D eigenvalue weighted by atomic mass is 79.9. The number of ether oxygens (including phenoxy) is 1. The Hall–Kier alpha value is -1.83. The fraction of sp³-hybridized carbons (Fsp3) is 0.167. The largest absolute Gasteiger partial charge is 0.451 e. The molecule has 1 aromatic carbocycles. The molecule has 0 atom stereocenters. The van der Waals surface area contributed by atoms with Gasteiger partial charge in [0.15, 0.2) is 0 Å². The van der Waals surface area contributed by atoms with Crippen molar-refractivity contribution in [3.8, 4) is 11.6 Å². The van der Waals surface area contributed by atoms with Crippen LogP contribution in [-0.4, -0.2) is 9.97 Å². The number of rotatable bonds is 2. The molecular formula is C12H9BrF3N3O. The van der Waals surface area contributed by atoms with Crippen LogP contribution in [0.2, 0.25) is 0 Å². The van der Waals surface area contributed by atoms with E-state index in [-0.39, 0.29) is 11.7 Å². The van der Waals surface area contributed by atoms with Crippen molar-refractivity contribution in [2.75, 3.05) is 5.73 Å². The molecule has 1 aromatic heterocycles. The van der Waals surface area contributed by atoms with Gasteiger partial charge in [-0.2, -0.15) is 18.2 Å². The van der Waals surface area contributed by atoms with Crippen LogP contribution in [0.3, 0.4) is 0 Å². The summed E-state index contributed by atoms with van der Waals surface area (Å²) >= 11 is 3.25. The van der Waals surface area contributed by atoms with Crippen molar-refractivity contribution in [1.82, 2.24) is 9.97 Å². The van der Waals surface area contributed by atoms with Crippen LogP contribution in [-0.2, 0) is 6.18 Å². The van der Waals surface area contributed by atoms with Crippen molar-refractivity contribution in [2.45, 2.75) is 13.1 Å². The Morgan fingerprint density at radius 2 is 1.90 bits per heavy atom. The van der Waals surface area contributed by atoms with Crippen molar-refractivity contribution < 1.29 is 17.9 Å². The Labute approximate surface area is 120 Å². The number of nitrogens with zero attached hydrogens (tertiary/aromatic N) is 2. The summed E-state index contributed by atoms with van der Waals surface area (Å²) in [7, 11) is 0. The van der Waals surface area contributed by atoms with Crippen LogP contribution in [0.15, 0.2) is 28.7 Å². The van der Waals surface area contributed by atoms with Crippen molar-refractivity contribution in [2.24, 2.45) is 0 Å². The number of benzene rings is 1. The molecule has 2 N–H and O–H groups in total. The first kappa shape index (κ1) is 14.6. The average Bonchev–Trinajstić information content (AvgIpc) is 2.32. The number of aromatic nitrogens is 2. The number of halogens is 4. The first-order valence-corrected chi connectivity index (χ1v) is 6.21. The Morgan fingerprint density at radius 3 is 2.55 bits per heavy atom. The van der Waals surface area contributed by atoms with Crippen LogP contribution in [0.1, 0.15) is 11.4 Å². The minimum absolute atomic E-state index is 0.258. The third-order valence-corrected chi connectivity index (χ3v) is 2.83. The highest BCUT2D eigenvalue weighted by Crippen LogP contribution is 2.31. The van der Waals surface area contributed by atoms with Gasteiger partial charge in [0, 0.05) is 10.5 Å². The lowest BCUT2D eigenvalue weighted by molar-refractivity contribution is -0.145. The third-order valence-electron chi connectivity index (χ3n) is 2.34. The molecule has 106 valence electrons. The summed E-state index contributed by atoms with van der Waals surface area (Å²) in [5, 5.41) is 0. The van der Waals surface area contributed by atoms with Crippen molar-refractivity contribution >= 4 is 21.7 Å². The zero-order valence-corrected chi connectivity index (χ0v) is 11.8. The molecular weight excluding hydrogens is 339 g/mol. The number of nitrogen functional groups attached to an aromatic ring is 1. The molecule has 0 fully saturated rings. The van der Waals surface area contributed by atoms with Gasteiger partial charge >= 0.3 is 6.18 Å². The predicted molar refractivity (Wildman–Crippen MR) is 70.4 cm³/mol. The van der Waals surface area contributed by atoms with Gasteiger partial charge < -0.3 is 10.5 Å². The summed E-state index contributed by atoms with van der Waals surface area (Å²) in [6, 6.07) is 6.31. The van der Waals surface area contributed by atoms with Gasteiger partial charge in [0.1, 0.15) is 11.6 Å². The van der Waals surface area contributed by atoms with Crippen molar-refractivity contribution in [1.29, 1.82) is 0 Å². The van der Waals surface area contributed by atoms with Gasteiger partial charge in [-0.25, -0.2) is 4.98 Å². The molecule has 0 radical (unpaired) electrons. The Balaban J connectivity index is 2.39. The van der Waals surface area contributed by atoms with E-state index in [1.54, 1.807) is 25.1 Å². The molecule has 0 unspecified atom stereocenters. The molecule has 1 heterocycles. The second-order valence-electron chi connectivity index (χ2n) is 3.96. The number of hydrogen-bond donors (Lipinski definition) is 1. The number of anilines is 1. The Bertz CT molecular complexity index is 646. The summed E-state index contributed by atoms with van der Waals surface area (Å²) in [6.07, 6.45) is -4.68. The van der Waals surface area contributed by atoms with Gasteiger partial charge in [0.25, 0.3) is 0 Å². The number of nitrogens with two attached hydrogens (primary N) is 1. The molecule has 0 aliphatic rings. The van der Waals surface area contributed by atoms with E-state index in [1.165, 1.54) is 0 Å². The topological polar surface area (TPSA) is 61.0 Å². The van der Waals surface area contributed by atoms with Gasteiger partial charge in [-0.15, -0.1) is 0 Å². The van der Waals surface area contributed by atoms with E-state index in [4.69, 9.17) is 10.5 Å². The van der Waals surface area contributed by atoms with Crippen molar-refractivity contribution in [3.63, 3.8) is 0 Å². The molecule has 0 aliphatic heterocycles. The molecule has 20 heavy (non-hydrogen) atoms. The lowest BCUT2D eigenvalue weighted by Gasteiger charge is -2.11. The quantitative estimate of drug-likeness (QED) is 0.893. The smallest absolute Gasteiger partial charge is 0.439 e. The maximum Gasteiger partial charge on any atom is 0.451 e. The Kier molecular flexibility index (Phi) is 3.85. The fourth-order valence-electron chi connectivity index (χ4n) is 1.42. The molecule has 4 nitrogen and oxygen atoms in total. The molecule has 0 bridgehead atoms. The van der Waals surface area contributed by atoms with Crippen LogP contribution < -0.4 is 10.5 Å². The molecule has 0 saturated carbocycles. The standard InChI is InChI=1S/C12H9BrF3N3O/c1-6-2-3-7(13)4-8(6)20-10-5-9(17)18-11(19-10)12(14,15)16/h2-5H,1H3,(H2,17,18,19). The molecule has 0 saturated heterocycles. The minimum Gasteiger partial charge on any atom is -0.439 e. The monoisotopic (exact) mass is 347 g/mol. The maximum atomic E-state index is 12.6. The summed E-state index contributed by atoms with van der Waals surface area (Å²) in [4.78, 5) is 6.46. The van der Waals surface area contributed by atoms with Gasteiger partial charge in [-0.1, -0.05) is 22.0 Å². The van der Waals surface area contributed by atoms with E-state index in [2.05, 4.69) is 25.9 Å². The van der Waals surface area contributed by atoms with Gasteiger partial charge in [0.05, 0.1) is 0 Å². The van der Waals surface area contributed by atoms with Crippen LogP contribution in [0, 0.1) is 6.92 Å². The van der Waals surface area contributed by atoms with Gasteiger partial charge in [-0.05, 0) is 24.6 Å². The first-order chi connectivity index (χ1) is 9.25. The third kappa shape index (κ3) is 3.38. The predicted octanol–water partition coefficient (Wildman–Crippen LogP) is 3.94. The highest BCUT2D eigenvalue weighted by molar-refractivity contribution is 9.10. The summed E-state index contributed by atoms with van der Waals surface area (Å²) in [5.41, 5.74) is 6.09. The zero-order chi connectivity index (χ0) is 14.9. The molecule has 2 rings (SSSR count). The van der Waals surface area contributed by atoms with E-state index in [1.807, 2.05) is 0 Å². The second kappa shape index (κ2) is 5.28. The Morgan fingerprint density at radius 1 is 1.20 bits per heavy atom. The SMILES string of the molecule is Cc1ccc(Br)cc1Oc1cc(N)nc(C(F)(F)F)n1. The van der Waals surface area contributed by atoms with E-state index in [9.17, 15) is 13.2 Å². The number of aryl methyl sites for hydroxylation is 1. The lowest BCUT2D eigenvalue weighted by Crippen LogP contribution is -2.12. The first-order valence-electron chi connectivity index (χ1n) is 5.41. The summed E-state index contributed by atoms with van der Waals surface area (Å²) in [5.74, 6) is -1.52. The van der Waals surface area contributed by atoms with E-state index in [0.29, 0.717) is 5.75 Å². The minimum atomic E-state index is -4.68. The van der Waals surface area contributed by atoms with Crippen LogP contribution in [0.4, 0.5) is 19.0 Å². The lowest BCUT2D eigenvalue weighted by atomic mass is 10.2. The molecule has 0 aliphatic carbocycles. The normalized spacial score (nSPS) is 11.4. The van der Waals surface area contributed by atoms with E-state index in [0.717, 1.165) is 16.1 Å². The van der Waals surface area contributed by atoms with Crippen LogP contribution in [0.25, 0.3) is 0 Å². The molecule has 0 amide bonds. The number of hydrogen-bond acceptors (Lipinski definition) is 4. The fourth-order valence-corrected chi connectivity index (χ4v) is 1.76. The van der Waals surface area contributed by atoms with Crippen LogP contribution >= 0.6 is 15.9 Å². The molecule has 8 heteroatoms. The molecule has 0 spiro atoms. The van der Waals surface area contributed by atoms with Crippen LogP contribution in [0.5, 0.6) is 11.6 Å². The maximum absolute atomic E-state index is 12.6. The van der Waals surface area contributed by atoms with Gasteiger partial charge in [0.2, 0.25) is 11.7 Å². The summed E-state index contributed by atoms with van der Waals surface area (Å²) in [6.45, 7) is 1.76. The van der Waals surface area contributed by atoms with Gasteiger partial charge in [-0.3, -0.25) is 0 Å². The van der Waals surface area contributed by atoms with E-state index < -0.39 is 12.0 Å². The second-order valence-corrected chi connectivity index (χ2v) is 4.88. The average molecular weight is 348 g/mol. The van der Waals surface area contributed by atoms with E-state index >= 15 is 0 Å². The molecule has 2 aromatic rings. The number of alkyl halides is 3. The van der Waals surface area contributed by atoms with Crippen molar-refractivity contribution in [3.05, 3.63) is 40.1 Å². The summed E-state index contributed by atoms with van der Waals surface area (Å²) < 4.78 is 43.8. The zero-order valence-electron chi connectivity index (χ0n) is 10.2.